The van der Waals surface area contributed by atoms with Gasteiger partial charge in [0.2, 0.25) is 5.88 Å². The molecule has 3 rings (SSSR count). The minimum absolute atomic E-state index is 0.551. The van der Waals surface area contributed by atoms with Crippen LogP contribution in [-0.4, -0.2) is 22.1 Å². The molecular formula is C18H18ClN3O. The van der Waals surface area contributed by atoms with E-state index in [1.807, 2.05) is 26.0 Å². The molecule has 0 bridgehead atoms. The summed E-state index contributed by atoms with van der Waals surface area (Å²) in [6, 6.07) is 8.11. The van der Waals surface area contributed by atoms with Crippen molar-refractivity contribution in [2.24, 2.45) is 0 Å². The van der Waals surface area contributed by atoms with Gasteiger partial charge in [-0.3, -0.25) is 0 Å². The molecule has 0 saturated heterocycles. The van der Waals surface area contributed by atoms with Crippen molar-refractivity contribution >= 4 is 22.5 Å². The molecule has 1 aromatic carbocycles. The lowest BCUT2D eigenvalue weighted by molar-refractivity contribution is 0.401. The van der Waals surface area contributed by atoms with E-state index in [2.05, 4.69) is 27.1 Å². The van der Waals surface area contributed by atoms with Crippen LogP contribution in [0.15, 0.2) is 30.5 Å². The molecule has 0 radical (unpaired) electrons. The van der Waals surface area contributed by atoms with Gasteiger partial charge >= 0.3 is 0 Å². The quantitative estimate of drug-likeness (QED) is 0.675. The highest BCUT2D eigenvalue weighted by molar-refractivity contribution is 6.30. The van der Waals surface area contributed by atoms with E-state index in [1.165, 1.54) is 0 Å². The van der Waals surface area contributed by atoms with Crippen LogP contribution in [0.4, 0.5) is 0 Å². The number of hydrogen-bond acceptors (Lipinski definition) is 4. The van der Waals surface area contributed by atoms with Gasteiger partial charge in [-0.15, -0.1) is 0 Å². The normalized spacial score (nSPS) is 11.0. The Hall–Kier alpha value is -2.20. The summed E-state index contributed by atoms with van der Waals surface area (Å²) in [7, 11) is 1.63. The third kappa shape index (κ3) is 3.13. The van der Waals surface area contributed by atoms with Crippen LogP contribution in [0.1, 0.15) is 29.4 Å². The maximum atomic E-state index is 6.24. The lowest BCUT2D eigenvalue weighted by atomic mass is 10.0. The molecule has 0 atom stereocenters. The largest absolute Gasteiger partial charge is 0.480 e. The highest BCUT2D eigenvalue weighted by Gasteiger charge is 2.11. The van der Waals surface area contributed by atoms with Crippen molar-refractivity contribution in [1.82, 2.24) is 15.0 Å². The first-order valence-corrected chi connectivity index (χ1v) is 7.93. The molecule has 0 N–H and O–H groups in total. The first kappa shape index (κ1) is 15.7. The summed E-state index contributed by atoms with van der Waals surface area (Å²) in [5.74, 6) is 1.40. The zero-order chi connectivity index (χ0) is 16.4. The van der Waals surface area contributed by atoms with Crippen molar-refractivity contribution in [2.75, 3.05) is 7.11 Å². The molecule has 3 aromatic rings. The minimum Gasteiger partial charge on any atom is -0.480 e. The van der Waals surface area contributed by atoms with Gasteiger partial charge in [0, 0.05) is 19.0 Å². The number of pyridine rings is 1. The highest BCUT2D eigenvalue weighted by atomic mass is 35.5. The second-order valence-corrected chi connectivity index (χ2v) is 5.79. The van der Waals surface area contributed by atoms with E-state index in [1.54, 1.807) is 13.3 Å². The molecule has 0 saturated carbocycles. The van der Waals surface area contributed by atoms with Crippen LogP contribution in [0, 0.1) is 6.92 Å². The predicted octanol–water partition coefficient (Wildman–Crippen LogP) is 4.15. The number of methoxy groups -OCH3 is 1. The van der Waals surface area contributed by atoms with Gasteiger partial charge < -0.3 is 4.74 Å². The van der Waals surface area contributed by atoms with E-state index in [0.717, 1.165) is 39.8 Å². The van der Waals surface area contributed by atoms with E-state index >= 15 is 0 Å². The van der Waals surface area contributed by atoms with E-state index < -0.39 is 0 Å². The second kappa shape index (κ2) is 6.50. The minimum atomic E-state index is 0.551. The fourth-order valence-corrected chi connectivity index (χ4v) is 2.86. The topological polar surface area (TPSA) is 47.9 Å². The fourth-order valence-electron chi connectivity index (χ4n) is 2.59. The van der Waals surface area contributed by atoms with Crippen molar-refractivity contribution < 1.29 is 4.74 Å². The Balaban J connectivity index is 2.06. The molecule has 0 amide bonds. The summed E-state index contributed by atoms with van der Waals surface area (Å²) in [5, 5.41) is 1.47. The lowest BCUT2D eigenvalue weighted by Gasteiger charge is -2.10. The summed E-state index contributed by atoms with van der Waals surface area (Å²) >= 11 is 6.24. The first-order chi connectivity index (χ1) is 11.1. The first-order valence-electron chi connectivity index (χ1n) is 7.56. The molecule has 0 aliphatic carbocycles. The Bertz CT molecular complexity index is 844. The SMILES string of the molecule is CCc1nc(OC)c2cc(Cc3c(C)ccnc3Cl)ccc2n1. The molecule has 2 aromatic heterocycles. The molecule has 2 heterocycles. The standard InChI is InChI=1S/C18H18ClN3O/c1-4-16-21-15-6-5-12(10-14(15)18(22-16)23-3)9-13-11(2)7-8-20-17(13)19/h5-8,10H,4,9H2,1-3H3. The molecule has 23 heavy (non-hydrogen) atoms. The number of ether oxygens (including phenoxy) is 1. The summed E-state index contributed by atoms with van der Waals surface area (Å²) in [6.07, 6.45) is 3.22. The number of aromatic nitrogens is 3. The fraction of sp³-hybridized carbons (Fsp3) is 0.278. The number of hydrogen-bond donors (Lipinski definition) is 0. The summed E-state index contributed by atoms with van der Waals surface area (Å²) in [5.41, 5.74) is 4.20. The summed E-state index contributed by atoms with van der Waals surface area (Å²) in [6.45, 7) is 4.07. The molecule has 0 aliphatic heterocycles. The Morgan fingerprint density at radius 2 is 2.00 bits per heavy atom. The van der Waals surface area contributed by atoms with Crippen LogP contribution in [-0.2, 0) is 12.8 Å². The van der Waals surface area contributed by atoms with Gasteiger partial charge in [0.05, 0.1) is 18.0 Å². The van der Waals surface area contributed by atoms with Crippen LogP contribution < -0.4 is 4.74 Å². The molecule has 0 fully saturated rings. The van der Waals surface area contributed by atoms with Crippen LogP contribution in [0.5, 0.6) is 5.88 Å². The second-order valence-electron chi connectivity index (χ2n) is 5.43. The van der Waals surface area contributed by atoms with Crippen LogP contribution in [0.2, 0.25) is 5.15 Å². The van der Waals surface area contributed by atoms with E-state index in [0.29, 0.717) is 17.5 Å². The Morgan fingerprint density at radius 1 is 1.17 bits per heavy atom. The molecule has 0 spiro atoms. The monoisotopic (exact) mass is 327 g/mol. The smallest absolute Gasteiger partial charge is 0.224 e. The average Bonchev–Trinajstić information content (AvgIpc) is 2.57. The van der Waals surface area contributed by atoms with Gasteiger partial charge in [0.15, 0.2) is 0 Å². The van der Waals surface area contributed by atoms with Crippen LogP contribution in [0.3, 0.4) is 0 Å². The van der Waals surface area contributed by atoms with Gasteiger partial charge in [-0.25, -0.2) is 9.97 Å². The van der Waals surface area contributed by atoms with Crippen molar-refractivity contribution in [1.29, 1.82) is 0 Å². The van der Waals surface area contributed by atoms with Crippen molar-refractivity contribution in [3.63, 3.8) is 0 Å². The molecular weight excluding hydrogens is 310 g/mol. The van der Waals surface area contributed by atoms with Gasteiger partial charge in [-0.05, 0) is 41.8 Å². The predicted molar refractivity (Wildman–Crippen MR) is 92.3 cm³/mol. The van der Waals surface area contributed by atoms with Gasteiger partial charge in [-0.1, -0.05) is 24.6 Å². The Morgan fingerprint density at radius 3 is 2.70 bits per heavy atom. The molecule has 0 aliphatic rings. The number of aryl methyl sites for hydroxylation is 2. The lowest BCUT2D eigenvalue weighted by Crippen LogP contribution is -2.00. The average molecular weight is 328 g/mol. The van der Waals surface area contributed by atoms with Crippen molar-refractivity contribution in [3.8, 4) is 5.88 Å². The summed E-state index contributed by atoms with van der Waals surface area (Å²) < 4.78 is 5.43. The zero-order valence-electron chi connectivity index (χ0n) is 13.4. The zero-order valence-corrected chi connectivity index (χ0v) is 14.2. The van der Waals surface area contributed by atoms with Gasteiger partial charge in [0.25, 0.3) is 0 Å². The number of rotatable bonds is 4. The third-order valence-corrected chi connectivity index (χ3v) is 4.23. The van der Waals surface area contributed by atoms with Gasteiger partial charge in [-0.2, -0.15) is 4.98 Å². The molecule has 118 valence electrons. The molecule has 0 unspecified atom stereocenters. The Kier molecular flexibility index (Phi) is 4.44. The van der Waals surface area contributed by atoms with Crippen LogP contribution >= 0.6 is 11.6 Å². The van der Waals surface area contributed by atoms with E-state index in [9.17, 15) is 0 Å². The third-order valence-electron chi connectivity index (χ3n) is 3.90. The van der Waals surface area contributed by atoms with Crippen molar-refractivity contribution in [3.05, 3.63) is 58.1 Å². The highest BCUT2D eigenvalue weighted by Crippen LogP contribution is 2.26. The molecule has 4 nitrogen and oxygen atoms in total. The van der Waals surface area contributed by atoms with Crippen molar-refractivity contribution in [2.45, 2.75) is 26.7 Å². The van der Waals surface area contributed by atoms with E-state index in [4.69, 9.17) is 16.3 Å². The maximum absolute atomic E-state index is 6.24. The van der Waals surface area contributed by atoms with E-state index in [-0.39, 0.29) is 0 Å². The number of fused-ring (bicyclic) bond motifs is 1. The number of nitrogens with zero attached hydrogens (tertiary/aromatic N) is 3. The number of halogens is 1. The molecule has 5 heteroatoms. The van der Waals surface area contributed by atoms with Crippen LogP contribution in [0.25, 0.3) is 10.9 Å². The maximum Gasteiger partial charge on any atom is 0.224 e. The Labute approximate surface area is 140 Å². The summed E-state index contributed by atoms with van der Waals surface area (Å²) in [4.78, 5) is 13.2. The van der Waals surface area contributed by atoms with Gasteiger partial charge in [0.1, 0.15) is 11.0 Å². The number of benzene rings is 1.